The molecule has 1 N–H and O–H groups in total. The molecule has 0 unspecified atom stereocenters. The first-order chi connectivity index (χ1) is 13.9. The van der Waals surface area contributed by atoms with Gasteiger partial charge in [-0.25, -0.2) is 12.8 Å². The van der Waals surface area contributed by atoms with Gasteiger partial charge in [0.15, 0.2) is 4.91 Å². The van der Waals surface area contributed by atoms with Gasteiger partial charge in [-0.05, 0) is 53.8 Å². The van der Waals surface area contributed by atoms with Gasteiger partial charge < -0.3 is 5.32 Å². The summed E-state index contributed by atoms with van der Waals surface area (Å²) in [6.45, 7) is 1.92. The third kappa shape index (κ3) is 3.68. The molecule has 4 rings (SSSR count). The maximum atomic E-state index is 13.3. The van der Waals surface area contributed by atoms with E-state index in [-0.39, 0.29) is 11.4 Å². The fraction of sp³-hybridized carbons (Fsp3) is 0.0952. The Bertz CT molecular complexity index is 1210. The molecule has 0 saturated heterocycles. The fourth-order valence-electron chi connectivity index (χ4n) is 3.10. The number of ketones is 1. The van der Waals surface area contributed by atoms with E-state index in [1.165, 1.54) is 46.1 Å². The van der Waals surface area contributed by atoms with Crippen LogP contribution in [0.1, 0.15) is 20.8 Å². The van der Waals surface area contributed by atoms with Gasteiger partial charge in [-0.3, -0.25) is 9.10 Å². The van der Waals surface area contributed by atoms with Crippen LogP contribution in [0.25, 0.3) is 0 Å². The second-order valence-corrected chi connectivity index (χ2v) is 9.37. The number of carbonyl (C=O) groups excluding carboxylic acids is 1. The summed E-state index contributed by atoms with van der Waals surface area (Å²) in [6, 6.07) is 14.6. The molecule has 0 atom stereocenters. The number of aryl methyl sites for hydroxylation is 1. The number of sulfonamides is 1. The third-order valence-corrected chi connectivity index (χ3v) is 7.21. The lowest BCUT2D eigenvalue weighted by atomic mass is 10.2. The summed E-state index contributed by atoms with van der Waals surface area (Å²) in [6.07, 6.45) is 1.24. The van der Waals surface area contributed by atoms with Crippen LogP contribution >= 0.6 is 11.3 Å². The molecule has 1 aliphatic rings. The lowest BCUT2D eigenvalue weighted by molar-refractivity contribution is 0.104. The van der Waals surface area contributed by atoms with Crippen molar-refractivity contribution in [3.63, 3.8) is 0 Å². The van der Waals surface area contributed by atoms with E-state index in [0.29, 0.717) is 21.8 Å². The van der Waals surface area contributed by atoms with Crippen molar-refractivity contribution in [3.8, 4) is 0 Å². The van der Waals surface area contributed by atoms with E-state index in [0.717, 1.165) is 5.56 Å². The van der Waals surface area contributed by atoms with Crippen LogP contribution in [0.4, 0.5) is 15.8 Å². The predicted molar refractivity (Wildman–Crippen MR) is 113 cm³/mol. The molecule has 1 aliphatic heterocycles. The maximum Gasteiger partial charge on any atom is 0.270 e. The summed E-state index contributed by atoms with van der Waals surface area (Å²) in [5.74, 6) is -0.935. The highest BCUT2D eigenvalue weighted by molar-refractivity contribution is 7.97. The van der Waals surface area contributed by atoms with Crippen LogP contribution in [-0.2, 0) is 16.6 Å². The first-order valence-electron chi connectivity index (χ1n) is 8.79. The molecule has 8 heteroatoms. The number of fused-ring (bicyclic) bond motifs is 1. The van der Waals surface area contributed by atoms with Crippen molar-refractivity contribution >= 4 is 38.5 Å². The van der Waals surface area contributed by atoms with Crippen molar-refractivity contribution in [2.45, 2.75) is 13.5 Å². The lowest BCUT2D eigenvalue weighted by Gasteiger charge is -2.29. The van der Waals surface area contributed by atoms with Gasteiger partial charge in [0.05, 0.1) is 12.2 Å². The Labute approximate surface area is 172 Å². The number of hydrogen-bond donors (Lipinski definition) is 1. The zero-order valence-electron chi connectivity index (χ0n) is 15.4. The number of thiophene rings is 1. The third-order valence-electron chi connectivity index (χ3n) is 4.54. The van der Waals surface area contributed by atoms with Gasteiger partial charge in [-0.2, -0.15) is 0 Å². The molecule has 0 bridgehead atoms. The number of nitrogens with one attached hydrogen (secondary N) is 1. The molecule has 0 amide bonds. The second kappa shape index (κ2) is 7.46. The van der Waals surface area contributed by atoms with Crippen LogP contribution in [-0.4, -0.2) is 14.2 Å². The number of halogens is 1. The van der Waals surface area contributed by atoms with Crippen LogP contribution in [0.15, 0.2) is 71.1 Å². The van der Waals surface area contributed by atoms with Gasteiger partial charge in [-0.15, -0.1) is 11.3 Å². The molecule has 3 aromatic rings. The molecule has 0 radical (unpaired) electrons. The molecular weight excluding hydrogens is 411 g/mol. The molecule has 0 fully saturated rings. The van der Waals surface area contributed by atoms with Crippen LogP contribution in [0, 0.1) is 12.7 Å². The van der Waals surface area contributed by atoms with Gasteiger partial charge in [0.1, 0.15) is 10.7 Å². The normalized spacial score (nSPS) is 16.7. The largest absolute Gasteiger partial charge is 0.360 e. The molecule has 2 heterocycles. The van der Waals surface area contributed by atoms with Crippen molar-refractivity contribution in [2.75, 3.05) is 9.62 Å². The summed E-state index contributed by atoms with van der Waals surface area (Å²) in [5, 5.41) is 4.61. The van der Waals surface area contributed by atoms with Crippen molar-refractivity contribution in [1.82, 2.24) is 0 Å². The lowest BCUT2D eigenvalue weighted by Crippen LogP contribution is -2.38. The first-order valence-corrected chi connectivity index (χ1v) is 11.1. The zero-order valence-corrected chi connectivity index (χ0v) is 17.1. The monoisotopic (exact) mass is 428 g/mol. The van der Waals surface area contributed by atoms with Crippen LogP contribution in [0.3, 0.4) is 0 Å². The van der Waals surface area contributed by atoms with Gasteiger partial charge >= 0.3 is 0 Å². The SMILES string of the molecule is Cc1cccc(NC=C2C(=O)c3sccc3N(Cc3ccc(F)cc3)S2(=O)=O)c1. The van der Waals surface area contributed by atoms with E-state index in [4.69, 9.17) is 0 Å². The Balaban J connectivity index is 1.74. The zero-order chi connectivity index (χ0) is 20.6. The highest BCUT2D eigenvalue weighted by Crippen LogP contribution is 2.39. The van der Waals surface area contributed by atoms with E-state index in [1.54, 1.807) is 17.5 Å². The summed E-state index contributed by atoms with van der Waals surface area (Å²) in [4.78, 5) is 12.9. The molecule has 1 aromatic heterocycles. The number of Topliss-reactive ketones (excluding diaryl/α,β-unsaturated/α-hetero) is 1. The van der Waals surface area contributed by atoms with Gasteiger partial charge in [0.2, 0.25) is 5.78 Å². The molecule has 148 valence electrons. The highest BCUT2D eigenvalue weighted by Gasteiger charge is 2.41. The van der Waals surface area contributed by atoms with E-state index in [2.05, 4.69) is 5.32 Å². The standard InChI is InChI=1S/C21H17FN2O3S2/c1-14-3-2-4-17(11-14)23-12-19-20(25)21-18(9-10-28-21)24(29(19,26)27)13-15-5-7-16(22)8-6-15/h2-12,23H,13H2,1H3. The number of carbonyl (C=O) groups is 1. The number of allylic oxidation sites excluding steroid dienone is 1. The minimum Gasteiger partial charge on any atom is -0.360 e. The minimum atomic E-state index is -4.09. The molecule has 0 spiro atoms. The summed E-state index contributed by atoms with van der Waals surface area (Å²) >= 11 is 1.19. The molecular formula is C21H17FN2O3S2. The van der Waals surface area contributed by atoms with Crippen molar-refractivity contribution in [1.29, 1.82) is 0 Å². The van der Waals surface area contributed by atoms with E-state index in [9.17, 15) is 17.6 Å². The van der Waals surface area contributed by atoms with Gasteiger partial charge in [0.25, 0.3) is 10.0 Å². The molecule has 0 aliphatic carbocycles. The molecule has 29 heavy (non-hydrogen) atoms. The molecule has 0 saturated carbocycles. The van der Waals surface area contributed by atoms with Crippen LogP contribution < -0.4 is 9.62 Å². The van der Waals surface area contributed by atoms with Crippen LogP contribution in [0.5, 0.6) is 0 Å². The Hall–Kier alpha value is -2.97. The van der Waals surface area contributed by atoms with E-state index in [1.807, 2.05) is 25.1 Å². The average Bonchev–Trinajstić information content (AvgIpc) is 3.16. The van der Waals surface area contributed by atoms with Crippen molar-refractivity contribution in [2.24, 2.45) is 0 Å². The first kappa shape index (κ1) is 19.4. The van der Waals surface area contributed by atoms with Crippen molar-refractivity contribution < 1.29 is 17.6 Å². The topological polar surface area (TPSA) is 66.5 Å². The number of benzene rings is 2. The van der Waals surface area contributed by atoms with Crippen molar-refractivity contribution in [3.05, 3.63) is 92.9 Å². The van der Waals surface area contributed by atoms with E-state index < -0.39 is 21.6 Å². The Morgan fingerprint density at radius 2 is 1.90 bits per heavy atom. The molecule has 5 nitrogen and oxygen atoms in total. The van der Waals surface area contributed by atoms with Gasteiger partial charge in [0, 0.05) is 11.9 Å². The Morgan fingerprint density at radius 1 is 1.14 bits per heavy atom. The summed E-state index contributed by atoms with van der Waals surface area (Å²) in [5.41, 5.74) is 2.65. The Morgan fingerprint density at radius 3 is 2.62 bits per heavy atom. The highest BCUT2D eigenvalue weighted by atomic mass is 32.2. The number of nitrogens with zero attached hydrogens (tertiary/aromatic N) is 1. The maximum absolute atomic E-state index is 13.3. The fourth-order valence-corrected chi connectivity index (χ4v) is 5.58. The smallest absolute Gasteiger partial charge is 0.270 e. The second-order valence-electron chi connectivity index (χ2n) is 6.62. The number of anilines is 2. The summed E-state index contributed by atoms with van der Waals surface area (Å²) < 4.78 is 41.0. The Kier molecular flexibility index (Phi) is 4.97. The molecule has 2 aromatic carbocycles. The van der Waals surface area contributed by atoms with E-state index >= 15 is 0 Å². The average molecular weight is 429 g/mol. The quantitative estimate of drug-likeness (QED) is 0.613. The van der Waals surface area contributed by atoms with Gasteiger partial charge in [-0.1, -0.05) is 24.3 Å². The number of rotatable bonds is 4. The minimum absolute atomic E-state index is 0.00140. The van der Waals surface area contributed by atoms with Crippen LogP contribution in [0.2, 0.25) is 0 Å². The predicted octanol–water partition coefficient (Wildman–Crippen LogP) is 4.68. The summed E-state index contributed by atoms with van der Waals surface area (Å²) in [7, 11) is -4.09. The number of hydrogen-bond acceptors (Lipinski definition) is 5.